The minimum absolute atomic E-state index is 0.0166. The Labute approximate surface area is 153 Å². The van der Waals surface area contributed by atoms with Crippen molar-refractivity contribution in [1.82, 2.24) is 19.8 Å². The molecular weight excluding hydrogens is 328 g/mol. The van der Waals surface area contributed by atoms with Crippen LogP contribution in [0.3, 0.4) is 0 Å². The number of rotatable bonds is 4. The summed E-state index contributed by atoms with van der Waals surface area (Å²) in [5, 5.41) is 13.8. The van der Waals surface area contributed by atoms with E-state index in [-0.39, 0.29) is 17.9 Å². The maximum absolute atomic E-state index is 12.8. The van der Waals surface area contributed by atoms with Crippen molar-refractivity contribution in [2.75, 3.05) is 19.6 Å². The standard InChI is InChI=1S/C20H26N4O2/c25-18(12-15-4-2-1-3-5-15)16-6-9-23(10-7-16)20(26)17-14-24-11-8-21-13-19(24)22-17/h1-5,14,16,18,21,25H,6-13H2. The van der Waals surface area contributed by atoms with E-state index in [0.29, 0.717) is 25.2 Å². The van der Waals surface area contributed by atoms with Gasteiger partial charge in [-0.15, -0.1) is 0 Å². The second kappa shape index (κ2) is 7.60. The van der Waals surface area contributed by atoms with E-state index >= 15 is 0 Å². The maximum atomic E-state index is 12.8. The fourth-order valence-corrected chi connectivity index (χ4v) is 3.96. The Kier molecular flexibility index (Phi) is 5.04. The number of nitrogens with zero attached hydrogens (tertiary/aromatic N) is 3. The van der Waals surface area contributed by atoms with E-state index in [1.807, 2.05) is 29.3 Å². The van der Waals surface area contributed by atoms with Gasteiger partial charge in [0, 0.05) is 32.4 Å². The van der Waals surface area contributed by atoms with Gasteiger partial charge in [-0.2, -0.15) is 0 Å². The predicted molar refractivity (Wildman–Crippen MR) is 98.7 cm³/mol. The molecule has 0 radical (unpaired) electrons. The minimum Gasteiger partial charge on any atom is -0.392 e. The first-order valence-electron chi connectivity index (χ1n) is 9.49. The van der Waals surface area contributed by atoms with Gasteiger partial charge in [-0.25, -0.2) is 4.98 Å². The van der Waals surface area contributed by atoms with Crippen molar-refractivity contribution in [2.24, 2.45) is 5.92 Å². The number of aliphatic hydroxyl groups is 1. The lowest BCUT2D eigenvalue weighted by atomic mass is 9.88. The molecule has 1 amide bonds. The average molecular weight is 354 g/mol. The molecule has 1 unspecified atom stereocenters. The van der Waals surface area contributed by atoms with Crippen LogP contribution < -0.4 is 5.32 Å². The molecule has 0 saturated carbocycles. The summed E-state index contributed by atoms with van der Waals surface area (Å²) in [4.78, 5) is 19.1. The summed E-state index contributed by atoms with van der Waals surface area (Å²) >= 11 is 0. The number of aromatic nitrogens is 2. The number of hydrogen-bond acceptors (Lipinski definition) is 4. The second-order valence-corrected chi connectivity index (χ2v) is 7.30. The molecular formula is C20H26N4O2. The number of amides is 1. The molecule has 1 aromatic heterocycles. The Balaban J connectivity index is 1.33. The molecule has 138 valence electrons. The second-order valence-electron chi connectivity index (χ2n) is 7.30. The molecule has 0 aliphatic carbocycles. The van der Waals surface area contributed by atoms with Gasteiger partial charge in [0.1, 0.15) is 11.5 Å². The highest BCUT2D eigenvalue weighted by atomic mass is 16.3. The molecule has 4 rings (SSSR count). The smallest absolute Gasteiger partial charge is 0.274 e. The highest BCUT2D eigenvalue weighted by Crippen LogP contribution is 2.24. The first kappa shape index (κ1) is 17.2. The summed E-state index contributed by atoms with van der Waals surface area (Å²) in [5.74, 6) is 1.20. The van der Waals surface area contributed by atoms with Gasteiger partial charge >= 0.3 is 0 Å². The van der Waals surface area contributed by atoms with Crippen LogP contribution in [-0.4, -0.2) is 51.2 Å². The molecule has 0 spiro atoms. The third-order valence-electron chi connectivity index (χ3n) is 5.55. The largest absolute Gasteiger partial charge is 0.392 e. The number of likely N-dealkylation sites (tertiary alicyclic amines) is 1. The van der Waals surface area contributed by atoms with Crippen LogP contribution in [0.15, 0.2) is 36.5 Å². The SMILES string of the molecule is O=C(c1cn2c(n1)CNCC2)N1CCC(C(O)Cc2ccccc2)CC1. The van der Waals surface area contributed by atoms with E-state index in [2.05, 4.69) is 27.0 Å². The van der Waals surface area contributed by atoms with Crippen molar-refractivity contribution >= 4 is 5.91 Å². The summed E-state index contributed by atoms with van der Waals surface area (Å²) in [5.41, 5.74) is 1.71. The lowest BCUT2D eigenvalue weighted by Crippen LogP contribution is -2.41. The van der Waals surface area contributed by atoms with Crippen LogP contribution in [0.2, 0.25) is 0 Å². The highest BCUT2D eigenvalue weighted by molar-refractivity contribution is 5.92. The summed E-state index contributed by atoms with van der Waals surface area (Å²) in [7, 11) is 0. The van der Waals surface area contributed by atoms with Crippen molar-refractivity contribution in [1.29, 1.82) is 0 Å². The molecule has 1 saturated heterocycles. The molecule has 26 heavy (non-hydrogen) atoms. The molecule has 2 N–H and O–H groups in total. The molecule has 2 aliphatic heterocycles. The third-order valence-corrected chi connectivity index (χ3v) is 5.55. The Morgan fingerprint density at radius 3 is 2.73 bits per heavy atom. The van der Waals surface area contributed by atoms with Crippen molar-refractivity contribution in [2.45, 2.75) is 38.5 Å². The lowest BCUT2D eigenvalue weighted by Gasteiger charge is -2.34. The van der Waals surface area contributed by atoms with E-state index in [0.717, 1.165) is 43.9 Å². The topological polar surface area (TPSA) is 70.4 Å². The molecule has 6 heteroatoms. The van der Waals surface area contributed by atoms with E-state index in [4.69, 9.17) is 0 Å². The fraction of sp³-hybridized carbons (Fsp3) is 0.500. The maximum Gasteiger partial charge on any atom is 0.274 e. The number of carbonyl (C=O) groups excluding carboxylic acids is 1. The molecule has 1 atom stereocenters. The van der Waals surface area contributed by atoms with Gasteiger partial charge in [-0.1, -0.05) is 30.3 Å². The van der Waals surface area contributed by atoms with Crippen LogP contribution in [0.25, 0.3) is 0 Å². The van der Waals surface area contributed by atoms with Crippen LogP contribution in [-0.2, 0) is 19.5 Å². The zero-order valence-electron chi connectivity index (χ0n) is 15.0. The van der Waals surface area contributed by atoms with Crippen LogP contribution >= 0.6 is 0 Å². The van der Waals surface area contributed by atoms with Gasteiger partial charge < -0.3 is 19.9 Å². The summed E-state index contributed by atoms with van der Waals surface area (Å²) in [6.07, 6.45) is 3.90. The van der Waals surface area contributed by atoms with E-state index in [9.17, 15) is 9.90 Å². The number of nitrogens with one attached hydrogen (secondary N) is 1. The Morgan fingerprint density at radius 1 is 1.23 bits per heavy atom. The van der Waals surface area contributed by atoms with Crippen molar-refractivity contribution in [3.05, 3.63) is 53.6 Å². The molecule has 1 aromatic carbocycles. The molecule has 6 nitrogen and oxygen atoms in total. The Morgan fingerprint density at radius 2 is 2.00 bits per heavy atom. The summed E-state index contributed by atoms with van der Waals surface area (Å²) < 4.78 is 2.07. The lowest BCUT2D eigenvalue weighted by molar-refractivity contribution is 0.0464. The normalized spacial score (nSPS) is 19.2. The number of benzene rings is 1. The first-order valence-corrected chi connectivity index (χ1v) is 9.49. The van der Waals surface area contributed by atoms with Crippen LogP contribution in [0.5, 0.6) is 0 Å². The number of fused-ring (bicyclic) bond motifs is 1. The summed E-state index contributed by atoms with van der Waals surface area (Å²) in [6.45, 7) is 3.89. The number of aliphatic hydroxyl groups excluding tert-OH is 1. The fourth-order valence-electron chi connectivity index (χ4n) is 3.96. The molecule has 1 fully saturated rings. The van der Waals surface area contributed by atoms with Crippen LogP contribution in [0.4, 0.5) is 0 Å². The monoisotopic (exact) mass is 354 g/mol. The minimum atomic E-state index is -0.347. The molecule has 2 aliphatic rings. The highest BCUT2D eigenvalue weighted by Gasteiger charge is 2.29. The van der Waals surface area contributed by atoms with Gasteiger partial charge in [-0.3, -0.25) is 4.79 Å². The van der Waals surface area contributed by atoms with E-state index in [1.165, 1.54) is 0 Å². The zero-order chi connectivity index (χ0) is 17.9. The quantitative estimate of drug-likeness (QED) is 0.872. The number of piperidine rings is 1. The Hall–Kier alpha value is -2.18. The average Bonchev–Trinajstić information content (AvgIpc) is 3.12. The first-order chi connectivity index (χ1) is 12.7. The van der Waals surface area contributed by atoms with Crippen molar-refractivity contribution in [3.8, 4) is 0 Å². The zero-order valence-corrected chi connectivity index (χ0v) is 15.0. The van der Waals surface area contributed by atoms with Gasteiger partial charge in [0.05, 0.1) is 12.6 Å². The number of hydrogen-bond donors (Lipinski definition) is 2. The molecule has 0 bridgehead atoms. The van der Waals surface area contributed by atoms with E-state index in [1.54, 1.807) is 0 Å². The van der Waals surface area contributed by atoms with Crippen molar-refractivity contribution in [3.63, 3.8) is 0 Å². The third kappa shape index (κ3) is 3.66. The molecule has 2 aromatic rings. The van der Waals surface area contributed by atoms with Crippen LogP contribution in [0, 0.1) is 5.92 Å². The predicted octanol–water partition coefficient (Wildman–Crippen LogP) is 1.44. The van der Waals surface area contributed by atoms with Gasteiger partial charge in [0.25, 0.3) is 5.91 Å². The Bertz CT molecular complexity index is 727. The van der Waals surface area contributed by atoms with Gasteiger partial charge in [-0.05, 0) is 30.7 Å². The number of imidazole rings is 1. The van der Waals surface area contributed by atoms with E-state index < -0.39 is 0 Å². The van der Waals surface area contributed by atoms with Gasteiger partial charge in [0.2, 0.25) is 0 Å². The van der Waals surface area contributed by atoms with Crippen LogP contribution in [0.1, 0.15) is 34.7 Å². The molecule has 3 heterocycles. The van der Waals surface area contributed by atoms with Gasteiger partial charge in [0.15, 0.2) is 0 Å². The number of carbonyl (C=O) groups is 1. The summed E-state index contributed by atoms with van der Waals surface area (Å²) in [6, 6.07) is 10.1. The van der Waals surface area contributed by atoms with Crippen molar-refractivity contribution < 1.29 is 9.90 Å².